The minimum absolute atomic E-state index is 0.200. The Bertz CT molecular complexity index is 471. The summed E-state index contributed by atoms with van der Waals surface area (Å²) >= 11 is 11.5. The molecule has 6 heteroatoms. The molecule has 0 aliphatic rings. The molecular weight excluding hydrogens is 293 g/mol. The third-order valence-corrected chi connectivity index (χ3v) is 4.55. The first-order chi connectivity index (χ1) is 8.35. The van der Waals surface area contributed by atoms with Crippen molar-refractivity contribution in [2.24, 2.45) is 5.92 Å². The molecule has 0 aliphatic carbocycles. The Morgan fingerprint density at radius 1 is 1.22 bits per heavy atom. The maximum absolute atomic E-state index is 12.1. The fraction of sp³-hybridized carbons (Fsp3) is 0.500. The molecule has 1 rings (SSSR count). The fourth-order valence-electron chi connectivity index (χ4n) is 1.61. The molecule has 0 fully saturated rings. The smallest absolute Gasteiger partial charge is 0.207 e. The minimum atomic E-state index is -3.53. The Kier molecular flexibility index (Phi) is 5.92. The van der Waals surface area contributed by atoms with Gasteiger partial charge in [-0.05, 0) is 36.6 Å². The van der Waals surface area contributed by atoms with Crippen molar-refractivity contribution in [3.05, 3.63) is 29.3 Å². The van der Waals surface area contributed by atoms with Gasteiger partial charge < -0.3 is 0 Å². The molecule has 1 atom stereocenters. The molecular formula is C12H17Cl2NO2S. The lowest BCUT2D eigenvalue weighted by molar-refractivity contribution is 0.485. The van der Waals surface area contributed by atoms with Gasteiger partial charge in [-0.15, -0.1) is 11.6 Å². The molecule has 0 radical (unpaired) electrons. The maximum Gasteiger partial charge on any atom is 0.240 e. The second kappa shape index (κ2) is 6.75. The normalized spacial score (nSPS) is 13.8. The van der Waals surface area contributed by atoms with E-state index < -0.39 is 10.0 Å². The maximum atomic E-state index is 12.1. The Morgan fingerprint density at radius 3 is 2.22 bits per heavy atom. The molecule has 0 aromatic heterocycles. The molecule has 3 nitrogen and oxygen atoms in total. The highest BCUT2D eigenvalue weighted by Crippen LogP contribution is 2.16. The van der Waals surface area contributed by atoms with Crippen LogP contribution in [0.15, 0.2) is 29.2 Å². The van der Waals surface area contributed by atoms with E-state index in [0.717, 1.165) is 0 Å². The molecule has 0 bridgehead atoms. The zero-order valence-electron chi connectivity index (χ0n) is 10.4. The van der Waals surface area contributed by atoms with E-state index in [1.807, 2.05) is 13.8 Å². The van der Waals surface area contributed by atoms with Gasteiger partial charge in [0.15, 0.2) is 0 Å². The predicted molar refractivity (Wildman–Crippen MR) is 75.7 cm³/mol. The van der Waals surface area contributed by atoms with E-state index in [1.165, 1.54) is 12.1 Å². The van der Waals surface area contributed by atoms with Gasteiger partial charge in [0.05, 0.1) is 4.90 Å². The molecule has 0 amide bonds. The molecule has 0 saturated carbocycles. The van der Waals surface area contributed by atoms with Crippen molar-refractivity contribution in [1.29, 1.82) is 0 Å². The van der Waals surface area contributed by atoms with Crippen molar-refractivity contribution in [2.75, 3.05) is 5.88 Å². The van der Waals surface area contributed by atoms with Crippen LogP contribution in [0.1, 0.15) is 20.3 Å². The fourth-order valence-corrected chi connectivity index (χ4v) is 3.28. The number of rotatable bonds is 6. The first-order valence-corrected chi connectivity index (χ1v) is 8.08. The summed E-state index contributed by atoms with van der Waals surface area (Å²) in [6, 6.07) is 5.80. The Labute approximate surface area is 119 Å². The summed E-state index contributed by atoms with van der Waals surface area (Å²) in [7, 11) is -3.53. The molecule has 1 aromatic carbocycles. The van der Waals surface area contributed by atoms with Gasteiger partial charge in [-0.25, -0.2) is 13.1 Å². The van der Waals surface area contributed by atoms with Gasteiger partial charge in [0.25, 0.3) is 0 Å². The van der Waals surface area contributed by atoms with Crippen LogP contribution in [0.3, 0.4) is 0 Å². The van der Waals surface area contributed by atoms with Crippen molar-refractivity contribution < 1.29 is 8.42 Å². The average Bonchev–Trinajstić information content (AvgIpc) is 2.27. The van der Waals surface area contributed by atoms with Crippen LogP contribution in [0, 0.1) is 5.92 Å². The number of benzene rings is 1. The summed E-state index contributed by atoms with van der Waals surface area (Å²) in [5.41, 5.74) is 0. The zero-order chi connectivity index (χ0) is 13.8. The van der Waals surface area contributed by atoms with E-state index in [1.54, 1.807) is 12.1 Å². The molecule has 0 aliphatic heterocycles. The summed E-state index contributed by atoms with van der Waals surface area (Å²) in [4.78, 5) is 0.200. The van der Waals surface area contributed by atoms with Crippen molar-refractivity contribution >= 4 is 33.2 Å². The van der Waals surface area contributed by atoms with E-state index in [-0.39, 0.29) is 16.8 Å². The molecule has 102 valence electrons. The van der Waals surface area contributed by atoms with Crippen molar-refractivity contribution in [2.45, 2.75) is 31.2 Å². The number of sulfonamides is 1. The van der Waals surface area contributed by atoms with E-state index >= 15 is 0 Å². The summed E-state index contributed by atoms with van der Waals surface area (Å²) in [6.45, 7) is 4.05. The highest BCUT2D eigenvalue weighted by Gasteiger charge is 2.20. The molecule has 1 aromatic rings. The van der Waals surface area contributed by atoms with Crippen molar-refractivity contribution in [3.8, 4) is 0 Å². The standard InChI is InChI=1S/C12H17Cl2NO2S/c1-9(2)7-11(8-13)15-18(16,17)12-5-3-10(14)4-6-12/h3-6,9,11,15H,7-8H2,1-2H3. The number of alkyl halides is 1. The average molecular weight is 310 g/mol. The Balaban J connectivity index is 2.83. The first-order valence-electron chi connectivity index (χ1n) is 5.69. The minimum Gasteiger partial charge on any atom is -0.207 e. The summed E-state index contributed by atoms with van der Waals surface area (Å²) in [6.07, 6.45) is 0.705. The van der Waals surface area contributed by atoms with E-state index in [2.05, 4.69) is 4.72 Å². The lowest BCUT2D eigenvalue weighted by atomic mass is 10.1. The summed E-state index contributed by atoms with van der Waals surface area (Å²) in [5, 5.41) is 0.505. The van der Waals surface area contributed by atoms with Gasteiger partial charge >= 0.3 is 0 Å². The monoisotopic (exact) mass is 309 g/mol. The molecule has 18 heavy (non-hydrogen) atoms. The zero-order valence-corrected chi connectivity index (χ0v) is 12.7. The lowest BCUT2D eigenvalue weighted by Crippen LogP contribution is -2.37. The Hall–Kier alpha value is -0.290. The van der Waals surface area contributed by atoms with Crippen LogP contribution in [0.2, 0.25) is 5.02 Å². The van der Waals surface area contributed by atoms with Crippen LogP contribution < -0.4 is 4.72 Å². The highest BCUT2D eigenvalue weighted by atomic mass is 35.5. The van der Waals surface area contributed by atoms with Gasteiger partial charge in [0.2, 0.25) is 10.0 Å². The molecule has 0 heterocycles. The van der Waals surface area contributed by atoms with Crippen molar-refractivity contribution in [1.82, 2.24) is 4.72 Å². The summed E-state index contributed by atoms with van der Waals surface area (Å²) in [5.74, 6) is 0.632. The predicted octanol–water partition coefficient (Wildman–Crippen LogP) is 3.27. The van der Waals surface area contributed by atoms with Gasteiger partial charge in [0, 0.05) is 16.9 Å². The number of nitrogens with one attached hydrogen (secondary N) is 1. The van der Waals surface area contributed by atoms with Gasteiger partial charge in [-0.1, -0.05) is 25.4 Å². The third-order valence-electron chi connectivity index (χ3n) is 2.39. The molecule has 0 spiro atoms. The number of halogens is 2. The topological polar surface area (TPSA) is 46.2 Å². The van der Waals surface area contributed by atoms with E-state index in [9.17, 15) is 8.42 Å². The van der Waals surface area contributed by atoms with Crippen LogP contribution in [0.4, 0.5) is 0 Å². The second-order valence-electron chi connectivity index (χ2n) is 4.56. The lowest BCUT2D eigenvalue weighted by Gasteiger charge is -2.18. The molecule has 1 N–H and O–H groups in total. The van der Waals surface area contributed by atoms with Gasteiger partial charge in [-0.3, -0.25) is 0 Å². The quantitative estimate of drug-likeness (QED) is 0.820. The largest absolute Gasteiger partial charge is 0.240 e. The first kappa shape index (κ1) is 15.8. The SMILES string of the molecule is CC(C)CC(CCl)NS(=O)(=O)c1ccc(Cl)cc1. The molecule has 0 saturated heterocycles. The van der Waals surface area contributed by atoms with Gasteiger partial charge in [0.1, 0.15) is 0 Å². The summed E-state index contributed by atoms with van der Waals surface area (Å²) < 4.78 is 26.8. The number of hydrogen-bond donors (Lipinski definition) is 1. The highest BCUT2D eigenvalue weighted by molar-refractivity contribution is 7.89. The van der Waals surface area contributed by atoms with Crippen LogP contribution in [0.25, 0.3) is 0 Å². The van der Waals surface area contributed by atoms with Crippen LogP contribution in [-0.4, -0.2) is 20.3 Å². The van der Waals surface area contributed by atoms with Gasteiger partial charge in [-0.2, -0.15) is 0 Å². The van der Waals surface area contributed by atoms with E-state index in [4.69, 9.17) is 23.2 Å². The second-order valence-corrected chi connectivity index (χ2v) is 7.02. The van der Waals surface area contributed by atoms with Crippen molar-refractivity contribution in [3.63, 3.8) is 0 Å². The van der Waals surface area contributed by atoms with Crippen LogP contribution in [0.5, 0.6) is 0 Å². The van der Waals surface area contributed by atoms with Crippen LogP contribution in [-0.2, 0) is 10.0 Å². The number of hydrogen-bond acceptors (Lipinski definition) is 2. The Morgan fingerprint density at radius 2 is 1.78 bits per heavy atom. The van der Waals surface area contributed by atoms with E-state index in [0.29, 0.717) is 17.4 Å². The molecule has 1 unspecified atom stereocenters. The van der Waals surface area contributed by atoms with Crippen LogP contribution >= 0.6 is 23.2 Å². The third kappa shape index (κ3) is 4.76.